The van der Waals surface area contributed by atoms with Gasteiger partial charge in [-0.1, -0.05) is 60.0 Å². The highest BCUT2D eigenvalue weighted by Gasteiger charge is 2.35. The Balaban J connectivity index is 1.61. The molecule has 1 heterocycles. The lowest BCUT2D eigenvalue weighted by Crippen LogP contribution is -2.47. The summed E-state index contributed by atoms with van der Waals surface area (Å²) in [6.45, 7) is 3.91. The molecular weight excluding hydrogens is 478 g/mol. The normalized spacial score (nSPS) is 14.4. The van der Waals surface area contributed by atoms with Crippen molar-refractivity contribution in [1.82, 2.24) is 20.3 Å². The first kappa shape index (κ1) is 25.4. The lowest BCUT2D eigenvalue weighted by molar-refractivity contribution is -0.127. The summed E-state index contributed by atoms with van der Waals surface area (Å²) in [4.78, 5) is 29.9. The van der Waals surface area contributed by atoms with Gasteiger partial charge in [0.15, 0.2) is 0 Å². The fraction of sp³-hybridized carbons (Fsp3) is 0.333. The van der Waals surface area contributed by atoms with Crippen molar-refractivity contribution in [3.8, 4) is 5.75 Å². The molecule has 4 aromatic rings. The highest BCUT2D eigenvalue weighted by Crippen LogP contribution is 2.33. The molecule has 0 radical (unpaired) electrons. The molecule has 196 valence electrons. The van der Waals surface area contributed by atoms with Gasteiger partial charge in [-0.25, -0.2) is 4.68 Å². The van der Waals surface area contributed by atoms with E-state index >= 15 is 0 Å². The van der Waals surface area contributed by atoms with Crippen LogP contribution in [-0.2, 0) is 16.1 Å². The summed E-state index contributed by atoms with van der Waals surface area (Å²) in [5, 5.41) is 11.7. The van der Waals surface area contributed by atoms with E-state index < -0.39 is 6.04 Å². The number of hydrogen-bond acceptors (Lipinski definition) is 5. The third kappa shape index (κ3) is 5.25. The SMILES string of the molecule is COc1cccc([C@H](C(=O)NC2CCCC2)N(C(=O)Cn2nnc3ccccc32)c2ccc(C)cc2C)c1. The molecule has 0 spiro atoms. The summed E-state index contributed by atoms with van der Waals surface area (Å²) >= 11 is 0. The van der Waals surface area contributed by atoms with Gasteiger partial charge >= 0.3 is 0 Å². The highest BCUT2D eigenvalue weighted by atomic mass is 16.5. The lowest BCUT2D eigenvalue weighted by Gasteiger charge is -2.33. The number of carbonyl (C=O) groups excluding carboxylic acids is 2. The Morgan fingerprint density at radius 2 is 1.84 bits per heavy atom. The van der Waals surface area contributed by atoms with Crippen LogP contribution in [0.4, 0.5) is 5.69 Å². The van der Waals surface area contributed by atoms with E-state index in [1.807, 2.05) is 80.6 Å². The van der Waals surface area contributed by atoms with Crippen LogP contribution in [-0.4, -0.2) is 40.0 Å². The van der Waals surface area contributed by atoms with Gasteiger partial charge in [-0.15, -0.1) is 5.10 Å². The summed E-state index contributed by atoms with van der Waals surface area (Å²) in [6, 6.07) is 20.0. The van der Waals surface area contributed by atoms with E-state index in [0.717, 1.165) is 42.3 Å². The van der Waals surface area contributed by atoms with Crippen molar-refractivity contribution < 1.29 is 14.3 Å². The summed E-state index contributed by atoms with van der Waals surface area (Å²) < 4.78 is 7.07. The highest BCUT2D eigenvalue weighted by molar-refractivity contribution is 6.02. The molecule has 1 N–H and O–H groups in total. The number of aryl methyl sites for hydroxylation is 2. The Morgan fingerprint density at radius 1 is 1.05 bits per heavy atom. The number of rotatable bonds is 8. The van der Waals surface area contributed by atoms with Crippen molar-refractivity contribution in [2.24, 2.45) is 0 Å². The predicted molar refractivity (Wildman–Crippen MR) is 147 cm³/mol. The Morgan fingerprint density at radius 3 is 2.61 bits per heavy atom. The Kier molecular flexibility index (Phi) is 7.40. The summed E-state index contributed by atoms with van der Waals surface area (Å²) in [7, 11) is 1.59. The molecule has 8 heteroatoms. The topological polar surface area (TPSA) is 89.4 Å². The number of fused-ring (bicyclic) bond motifs is 1. The molecule has 1 aromatic heterocycles. The van der Waals surface area contributed by atoms with Crippen LogP contribution in [0.25, 0.3) is 11.0 Å². The van der Waals surface area contributed by atoms with Gasteiger partial charge in [-0.2, -0.15) is 0 Å². The molecular formula is C30H33N5O3. The molecule has 0 saturated heterocycles. The van der Waals surface area contributed by atoms with Crippen molar-refractivity contribution >= 4 is 28.5 Å². The molecule has 0 bridgehead atoms. The molecule has 2 amide bonds. The van der Waals surface area contributed by atoms with Crippen molar-refractivity contribution in [3.63, 3.8) is 0 Å². The molecule has 38 heavy (non-hydrogen) atoms. The van der Waals surface area contributed by atoms with E-state index in [0.29, 0.717) is 22.5 Å². The van der Waals surface area contributed by atoms with E-state index in [2.05, 4.69) is 15.6 Å². The van der Waals surface area contributed by atoms with Crippen molar-refractivity contribution in [2.75, 3.05) is 12.0 Å². The van der Waals surface area contributed by atoms with Gasteiger partial charge in [-0.3, -0.25) is 14.5 Å². The minimum absolute atomic E-state index is 0.0645. The number of hydrogen-bond donors (Lipinski definition) is 1. The smallest absolute Gasteiger partial charge is 0.249 e. The van der Waals surface area contributed by atoms with E-state index in [1.54, 1.807) is 16.7 Å². The minimum atomic E-state index is -0.894. The molecule has 1 aliphatic rings. The zero-order valence-electron chi connectivity index (χ0n) is 22.1. The van der Waals surface area contributed by atoms with Gasteiger partial charge in [0.05, 0.1) is 12.6 Å². The summed E-state index contributed by atoms with van der Waals surface area (Å²) in [6.07, 6.45) is 4.07. The van der Waals surface area contributed by atoms with Gasteiger partial charge in [0.25, 0.3) is 0 Å². The summed E-state index contributed by atoms with van der Waals surface area (Å²) in [5.74, 6) is 0.153. The van der Waals surface area contributed by atoms with Crippen LogP contribution in [0, 0.1) is 13.8 Å². The second kappa shape index (κ2) is 11.0. The number of methoxy groups -OCH3 is 1. The lowest BCUT2D eigenvalue weighted by atomic mass is 10.00. The fourth-order valence-electron chi connectivity index (χ4n) is 5.31. The number of nitrogens with one attached hydrogen (secondary N) is 1. The molecule has 1 fully saturated rings. The van der Waals surface area contributed by atoms with Gasteiger partial charge in [-0.05, 0) is 68.1 Å². The Bertz CT molecular complexity index is 1460. The number of carbonyl (C=O) groups is 2. The number of nitrogens with zero attached hydrogens (tertiary/aromatic N) is 4. The molecule has 0 unspecified atom stereocenters. The maximum atomic E-state index is 14.2. The van der Waals surface area contributed by atoms with Crippen LogP contribution < -0.4 is 15.0 Å². The maximum Gasteiger partial charge on any atom is 0.249 e. The zero-order valence-corrected chi connectivity index (χ0v) is 22.1. The molecule has 1 saturated carbocycles. The number of para-hydroxylation sites is 1. The van der Waals surface area contributed by atoms with Crippen LogP contribution in [0.5, 0.6) is 5.75 Å². The molecule has 5 rings (SSSR count). The number of anilines is 1. The summed E-state index contributed by atoms with van der Waals surface area (Å²) in [5.41, 5.74) is 4.81. The van der Waals surface area contributed by atoms with E-state index in [1.165, 1.54) is 0 Å². The minimum Gasteiger partial charge on any atom is -0.497 e. The van der Waals surface area contributed by atoms with Crippen LogP contribution in [0.1, 0.15) is 48.4 Å². The molecule has 8 nitrogen and oxygen atoms in total. The van der Waals surface area contributed by atoms with E-state index in [9.17, 15) is 9.59 Å². The van der Waals surface area contributed by atoms with Crippen molar-refractivity contribution in [2.45, 2.75) is 58.2 Å². The van der Waals surface area contributed by atoms with Crippen LogP contribution in [0.15, 0.2) is 66.7 Å². The average Bonchev–Trinajstić information content (AvgIpc) is 3.58. The Labute approximate surface area is 222 Å². The Hall–Kier alpha value is -4.20. The third-order valence-electron chi connectivity index (χ3n) is 7.20. The number of amides is 2. The first-order valence-corrected chi connectivity index (χ1v) is 13.1. The van der Waals surface area contributed by atoms with Gasteiger partial charge in [0.2, 0.25) is 11.8 Å². The monoisotopic (exact) mass is 511 g/mol. The second-order valence-electron chi connectivity index (χ2n) is 9.96. The number of benzene rings is 3. The quantitative estimate of drug-likeness (QED) is 0.364. The van der Waals surface area contributed by atoms with Crippen LogP contribution in [0.3, 0.4) is 0 Å². The van der Waals surface area contributed by atoms with E-state index in [4.69, 9.17) is 4.74 Å². The molecule has 0 aliphatic heterocycles. The van der Waals surface area contributed by atoms with Crippen molar-refractivity contribution in [1.29, 1.82) is 0 Å². The fourth-order valence-corrected chi connectivity index (χ4v) is 5.31. The largest absolute Gasteiger partial charge is 0.497 e. The molecule has 3 aromatic carbocycles. The van der Waals surface area contributed by atoms with Gasteiger partial charge in [0.1, 0.15) is 23.9 Å². The van der Waals surface area contributed by atoms with Crippen LogP contribution >= 0.6 is 0 Å². The van der Waals surface area contributed by atoms with Crippen LogP contribution in [0.2, 0.25) is 0 Å². The van der Waals surface area contributed by atoms with Crippen molar-refractivity contribution in [3.05, 3.63) is 83.4 Å². The van der Waals surface area contributed by atoms with Gasteiger partial charge in [0, 0.05) is 11.7 Å². The average molecular weight is 512 g/mol. The predicted octanol–water partition coefficient (Wildman–Crippen LogP) is 4.89. The first-order chi connectivity index (χ1) is 18.4. The number of aromatic nitrogens is 3. The van der Waals surface area contributed by atoms with E-state index in [-0.39, 0.29) is 24.4 Å². The third-order valence-corrected chi connectivity index (χ3v) is 7.20. The zero-order chi connectivity index (χ0) is 26.6. The second-order valence-corrected chi connectivity index (χ2v) is 9.96. The first-order valence-electron chi connectivity index (χ1n) is 13.1. The molecule has 1 aliphatic carbocycles. The molecule has 1 atom stereocenters. The standard InChI is InChI=1S/C30H33N5O3/c1-20-15-16-26(21(2)17-20)35(28(36)19-34-27-14-7-6-13-25(27)32-33-34)29(22-9-8-12-24(18-22)38-3)30(37)31-23-10-4-5-11-23/h6-9,12-18,23,29H,4-5,10-11,19H2,1-3H3,(H,31,37)/t29-/m1/s1. The maximum absolute atomic E-state index is 14.2. The number of ether oxygens (including phenoxy) is 1. The van der Waals surface area contributed by atoms with Gasteiger partial charge < -0.3 is 10.1 Å².